The molecule has 0 bridgehead atoms. The van der Waals surface area contributed by atoms with Crippen molar-refractivity contribution in [1.29, 1.82) is 0 Å². The number of hydrogen-bond donors (Lipinski definition) is 1. The van der Waals surface area contributed by atoms with Crippen molar-refractivity contribution in [3.63, 3.8) is 0 Å². The quantitative estimate of drug-likeness (QED) is 0.736. The standard InChI is InChI=1S/C26H28N2O3/c29-17-23-26(21-12-10-19(11-13-21)7-6-18-4-2-1-3-5-18)22-15-27(16-25(31)28(22)23)24(30)14-20-8-9-20/h1-7,10-13,20,22-23,26,29H,8-9,14-17H2/t22-,23-,26+/m0/s1. The van der Waals surface area contributed by atoms with E-state index in [-0.39, 0.29) is 43.0 Å². The summed E-state index contributed by atoms with van der Waals surface area (Å²) in [6.45, 7) is 0.654. The van der Waals surface area contributed by atoms with Crippen LogP contribution in [0.2, 0.25) is 0 Å². The zero-order chi connectivity index (χ0) is 21.4. The topological polar surface area (TPSA) is 60.9 Å². The minimum Gasteiger partial charge on any atom is -0.394 e. The van der Waals surface area contributed by atoms with Crippen molar-refractivity contribution in [1.82, 2.24) is 9.80 Å². The van der Waals surface area contributed by atoms with Crippen molar-refractivity contribution in [3.8, 4) is 0 Å². The van der Waals surface area contributed by atoms with Gasteiger partial charge < -0.3 is 14.9 Å². The van der Waals surface area contributed by atoms with Crippen molar-refractivity contribution in [3.05, 3.63) is 71.3 Å². The van der Waals surface area contributed by atoms with Gasteiger partial charge in [0.15, 0.2) is 0 Å². The van der Waals surface area contributed by atoms with Crippen LogP contribution < -0.4 is 0 Å². The molecule has 31 heavy (non-hydrogen) atoms. The summed E-state index contributed by atoms with van der Waals surface area (Å²) in [4.78, 5) is 28.8. The summed E-state index contributed by atoms with van der Waals surface area (Å²) in [7, 11) is 0. The molecule has 2 amide bonds. The molecule has 160 valence electrons. The van der Waals surface area contributed by atoms with Crippen molar-refractivity contribution in [2.45, 2.75) is 37.3 Å². The molecular weight excluding hydrogens is 388 g/mol. The predicted octanol–water partition coefficient (Wildman–Crippen LogP) is 3.15. The number of amides is 2. The van der Waals surface area contributed by atoms with Crippen LogP contribution in [0.3, 0.4) is 0 Å². The number of aliphatic hydroxyl groups is 1. The van der Waals surface area contributed by atoms with Gasteiger partial charge in [0.2, 0.25) is 11.8 Å². The van der Waals surface area contributed by atoms with Gasteiger partial charge in [0.05, 0.1) is 25.2 Å². The first-order valence-electron chi connectivity index (χ1n) is 11.2. The average molecular weight is 417 g/mol. The normalized spacial score (nSPS) is 25.5. The fourth-order valence-corrected chi connectivity index (χ4v) is 4.97. The average Bonchev–Trinajstić information content (AvgIpc) is 3.59. The summed E-state index contributed by atoms with van der Waals surface area (Å²) in [5.41, 5.74) is 3.37. The number of piperazine rings is 1. The van der Waals surface area contributed by atoms with E-state index in [0.717, 1.165) is 29.5 Å². The Balaban J connectivity index is 1.30. The van der Waals surface area contributed by atoms with Crippen LogP contribution in [0.15, 0.2) is 54.6 Å². The molecule has 3 atom stereocenters. The highest BCUT2D eigenvalue weighted by Crippen LogP contribution is 2.43. The van der Waals surface area contributed by atoms with Gasteiger partial charge in [-0.25, -0.2) is 0 Å². The molecule has 2 aromatic rings. The van der Waals surface area contributed by atoms with E-state index in [1.165, 1.54) is 0 Å². The minimum absolute atomic E-state index is 0.0434. The summed E-state index contributed by atoms with van der Waals surface area (Å²) in [6.07, 6.45) is 6.99. The number of rotatable bonds is 6. The SMILES string of the molecule is O=C(CC1CC1)N1CC(=O)N2[C@@H](CO)[C@H](c3ccc(C=Cc4ccccc4)cc3)[C@@H]2C1. The van der Waals surface area contributed by atoms with Crippen LogP contribution in [-0.2, 0) is 9.59 Å². The Hall–Kier alpha value is -2.92. The van der Waals surface area contributed by atoms with E-state index in [0.29, 0.717) is 18.9 Å². The zero-order valence-electron chi connectivity index (χ0n) is 17.6. The van der Waals surface area contributed by atoms with Crippen LogP contribution in [-0.4, -0.2) is 58.5 Å². The van der Waals surface area contributed by atoms with Crippen molar-refractivity contribution < 1.29 is 14.7 Å². The van der Waals surface area contributed by atoms with E-state index in [1.807, 2.05) is 18.2 Å². The van der Waals surface area contributed by atoms with Crippen LogP contribution >= 0.6 is 0 Å². The Bertz CT molecular complexity index is 981. The maximum Gasteiger partial charge on any atom is 0.242 e. The maximum atomic E-state index is 12.7. The van der Waals surface area contributed by atoms with Crippen LogP contribution in [0.5, 0.6) is 0 Å². The van der Waals surface area contributed by atoms with E-state index in [4.69, 9.17) is 0 Å². The lowest BCUT2D eigenvalue weighted by atomic mass is 9.73. The highest BCUT2D eigenvalue weighted by molar-refractivity contribution is 5.88. The second-order valence-corrected chi connectivity index (χ2v) is 8.98. The molecule has 2 heterocycles. The smallest absolute Gasteiger partial charge is 0.242 e. The van der Waals surface area contributed by atoms with E-state index in [9.17, 15) is 14.7 Å². The van der Waals surface area contributed by atoms with Crippen LogP contribution in [0.1, 0.15) is 41.9 Å². The first-order chi connectivity index (χ1) is 15.1. The highest BCUT2D eigenvalue weighted by atomic mass is 16.3. The summed E-state index contributed by atoms with van der Waals surface area (Å²) in [5, 5.41) is 9.96. The van der Waals surface area contributed by atoms with Gasteiger partial charge in [-0.1, -0.05) is 66.7 Å². The first kappa shape index (κ1) is 20.0. The number of benzene rings is 2. The van der Waals surface area contributed by atoms with Gasteiger partial charge in [-0.15, -0.1) is 0 Å². The fourth-order valence-electron chi connectivity index (χ4n) is 4.97. The summed E-state index contributed by atoms with van der Waals surface area (Å²) < 4.78 is 0. The number of carbonyl (C=O) groups excluding carboxylic acids is 2. The number of fused-ring (bicyclic) bond motifs is 1. The van der Waals surface area contributed by atoms with Gasteiger partial charge in [-0.05, 0) is 35.4 Å². The van der Waals surface area contributed by atoms with E-state index in [2.05, 4.69) is 48.6 Å². The third kappa shape index (κ3) is 4.02. The van der Waals surface area contributed by atoms with Gasteiger partial charge in [-0.2, -0.15) is 0 Å². The van der Waals surface area contributed by atoms with E-state index in [1.54, 1.807) is 9.80 Å². The molecule has 0 radical (unpaired) electrons. The number of aliphatic hydroxyl groups excluding tert-OH is 1. The highest BCUT2D eigenvalue weighted by Gasteiger charge is 2.54. The minimum atomic E-state index is -0.205. The molecule has 1 saturated carbocycles. The molecule has 5 rings (SSSR count). The Morgan fingerprint density at radius 3 is 2.32 bits per heavy atom. The van der Waals surface area contributed by atoms with Crippen LogP contribution in [0.25, 0.3) is 12.2 Å². The number of carbonyl (C=O) groups is 2. The predicted molar refractivity (Wildman–Crippen MR) is 120 cm³/mol. The van der Waals surface area contributed by atoms with E-state index >= 15 is 0 Å². The summed E-state index contributed by atoms with van der Waals surface area (Å²) >= 11 is 0. The maximum absolute atomic E-state index is 12.7. The zero-order valence-corrected chi connectivity index (χ0v) is 17.6. The van der Waals surface area contributed by atoms with E-state index < -0.39 is 0 Å². The van der Waals surface area contributed by atoms with Crippen molar-refractivity contribution in [2.75, 3.05) is 19.7 Å². The van der Waals surface area contributed by atoms with Gasteiger partial charge in [0.25, 0.3) is 0 Å². The Morgan fingerprint density at radius 2 is 1.68 bits per heavy atom. The molecule has 2 aliphatic heterocycles. The molecule has 1 aliphatic carbocycles. The molecule has 2 saturated heterocycles. The van der Waals surface area contributed by atoms with Gasteiger partial charge >= 0.3 is 0 Å². The Morgan fingerprint density at radius 1 is 1.00 bits per heavy atom. The Labute approximate surface area is 183 Å². The summed E-state index contributed by atoms with van der Waals surface area (Å²) in [6, 6.07) is 18.2. The fraction of sp³-hybridized carbons (Fsp3) is 0.385. The lowest BCUT2D eigenvalue weighted by Gasteiger charge is -2.58. The van der Waals surface area contributed by atoms with Crippen molar-refractivity contribution in [2.24, 2.45) is 5.92 Å². The van der Waals surface area contributed by atoms with Gasteiger partial charge in [0, 0.05) is 18.9 Å². The second-order valence-electron chi connectivity index (χ2n) is 8.98. The molecular formula is C26H28N2O3. The molecule has 1 N–H and O–H groups in total. The first-order valence-corrected chi connectivity index (χ1v) is 11.2. The molecule has 3 fully saturated rings. The molecule has 5 nitrogen and oxygen atoms in total. The largest absolute Gasteiger partial charge is 0.394 e. The third-order valence-electron chi connectivity index (χ3n) is 6.85. The lowest BCUT2D eigenvalue weighted by molar-refractivity contribution is -0.167. The molecule has 2 aromatic carbocycles. The summed E-state index contributed by atoms with van der Waals surface area (Å²) in [5.74, 6) is 0.623. The molecule has 0 aromatic heterocycles. The van der Waals surface area contributed by atoms with Gasteiger partial charge in [-0.3, -0.25) is 9.59 Å². The molecule has 0 unspecified atom stereocenters. The van der Waals surface area contributed by atoms with Crippen LogP contribution in [0.4, 0.5) is 0 Å². The molecule has 5 heteroatoms. The molecule has 0 spiro atoms. The number of hydrogen-bond acceptors (Lipinski definition) is 3. The van der Waals surface area contributed by atoms with Crippen molar-refractivity contribution >= 4 is 24.0 Å². The molecule has 3 aliphatic rings. The second kappa shape index (κ2) is 8.31. The monoisotopic (exact) mass is 416 g/mol. The van der Waals surface area contributed by atoms with Gasteiger partial charge in [0.1, 0.15) is 0 Å². The lowest BCUT2D eigenvalue weighted by Crippen LogP contribution is -2.73. The Kier molecular flexibility index (Phi) is 5.36. The third-order valence-corrected chi connectivity index (χ3v) is 6.85. The number of nitrogens with zero attached hydrogens (tertiary/aromatic N) is 2. The van der Waals surface area contributed by atoms with Crippen LogP contribution in [0, 0.1) is 5.92 Å².